The third-order valence-electron chi connectivity index (χ3n) is 4.46. The van der Waals surface area contributed by atoms with E-state index in [4.69, 9.17) is 9.47 Å². The highest BCUT2D eigenvalue weighted by Gasteiger charge is 2.26. The van der Waals surface area contributed by atoms with Crippen LogP contribution in [-0.2, 0) is 0 Å². The minimum atomic E-state index is -0.135. The fourth-order valence-corrected chi connectivity index (χ4v) is 3.24. The van der Waals surface area contributed by atoms with Crippen molar-refractivity contribution in [2.24, 2.45) is 0 Å². The second-order valence-corrected chi connectivity index (χ2v) is 6.14. The highest BCUT2D eigenvalue weighted by Crippen LogP contribution is 2.35. The van der Waals surface area contributed by atoms with Crippen molar-refractivity contribution in [2.45, 2.75) is 32.6 Å². The average molecular weight is 317 g/mol. The Bertz CT molecular complexity index is 605. The van der Waals surface area contributed by atoms with E-state index < -0.39 is 0 Å². The van der Waals surface area contributed by atoms with E-state index in [1.165, 1.54) is 26.2 Å². The minimum Gasteiger partial charge on any atom is -0.491 e. The lowest BCUT2D eigenvalue weighted by Crippen LogP contribution is -2.33. The first-order valence-electron chi connectivity index (χ1n) is 8.36. The van der Waals surface area contributed by atoms with Gasteiger partial charge in [-0.3, -0.25) is 14.5 Å². The van der Waals surface area contributed by atoms with Gasteiger partial charge in [-0.15, -0.1) is 0 Å². The Kier molecular flexibility index (Phi) is 4.96. The Morgan fingerprint density at radius 3 is 2.78 bits per heavy atom. The van der Waals surface area contributed by atoms with Crippen LogP contribution in [-0.4, -0.2) is 49.3 Å². The summed E-state index contributed by atoms with van der Waals surface area (Å²) in [6, 6.07) is 3.43. The van der Waals surface area contributed by atoms with Crippen LogP contribution in [0.3, 0.4) is 0 Å². The van der Waals surface area contributed by atoms with Crippen LogP contribution in [0.2, 0.25) is 0 Å². The number of carbonyl (C=O) groups excluding carboxylic acids is 2. The van der Waals surface area contributed by atoms with Gasteiger partial charge in [-0.2, -0.15) is 0 Å². The summed E-state index contributed by atoms with van der Waals surface area (Å²) in [7, 11) is 0. The quantitative estimate of drug-likeness (QED) is 0.782. The van der Waals surface area contributed by atoms with E-state index >= 15 is 0 Å². The summed E-state index contributed by atoms with van der Waals surface area (Å²) in [5.41, 5.74) is 0.888. The number of ether oxygens (including phenoxy) is 2. The second-order valence-electron chi connectivity index (χ2n) is 6.14. The first kappa shape index (κ1) is 16.0. The molecule has 0 unspecified atom stereocenters. The first-order chi connectivity index (χ1) is 11.2. The molecule has 0 saturated carbocycles. The van der Waals surface area contributed by atoms with Crippen LogP contribution < -0.4 is 9.47 Å². The third-order valence-corrected chi connectivity index (χ3v) is 4.46. The lowest BCUT2D eigenvalue weighted by atomic mass is 9.98. The van der Waals surface area contributed by atoms with Crippen molar-refractivity contribution in [1.82, 2.24) is 4.90 Å². The van der Waals surface area contributed by atoms with E-state index in [9.17, 15) is 9.59 Å². The smallest absolute Gasteiger partial charge is 0.170 e. The lowest BCUT2D eigenvalue weighted by molar-refractivity contribution is 0.0929. The Morgan fingerprint density at radius 1 is 1.26 bits per heavy atom. The Morgan fingerprint density at radius 2 is 2.04 bits per heavy atom. The van der Waals surface area contributed by atoms with Gasteiger partial charge >= 0.3 is 0 Å². The van der Waals surface area contributed by atoms with Gasteiger partial charge in [-0.1, -0.05) is 6.42 Å². The van der Waals surface area contributed by atoms with Crippen molar-refractivity contribution in [2.75, 3.05) is 32.8 Å². The van der Waals surface area contributed by atoms with Crippen LogP contribution in [0.5, 0.6) is 11.5 Å². The lowest BCUT2D eigenvalue weighted by Gasteiger charge is -2.26. The molecular weight excluding hydrogens is 294 g/mol. The van der Waals surface area contributed by atoms with Crippen molar-refractivity contribution >= 4 is 11.6 Å². The van der Waals surface area contributed by atoms with Gasteiger partial charge in [0.15, 0.2) is 11.6 Å². The summed E-state index contributed by atoms with van der Waals surface area (Å²) < 4.78 is 11.4. The molecule has 0 aromatic heterocycles. The van der Waals surface area contributed by atoms with Crippen LogP contribution in [0.25, 0.3) is 0 Å². The summed E-state index contributed by atoms with van der Waals surface area (Å²) in [5.74, 6) is 0.797. The molecule has 1 aromatic carbocycles. The van der Waals surface area contributed by atoms with E-state index in [0.717, 1.165) is 19.6 Å². The molecule has 5 nitrogen and oxygen atoms in total. The molecule has 5 heteroatoms. The summed E-state index contributed by atoms with van der Waals surface area (Å²) in [4.78, 5) is 26.4. The number of carbonyl (C=O) groups is 2. The Hall–Kier alpha value is -1.88. The maximum atomic E-state index is 12.0. The monoisotopic (exact) mass is 317 g/mol. The van der Waals surface area contributed by atoms with Gasteiger partial charge in [-0.25, -0.2) is 0 Å². The van der Waals surface area contributed by atoms with Gasteiger partial charge in [0.25, 0.3) is 0 Å². The molecule has 1 aromatic rings. The van der Waals surface area contributed by atoms with Crippen LogP contribution in [0.15, 0.2) is 12.1 Å². The maximum absolute atomic E-state index is 12.0. The number of nitrogens with zero attached hydrogens (tertiary/aromatic N) is 1. The van der Waals surface area contributed by atoms with Gasteiger partial charge in [-0.05, 0) is 45.0 Å². The van der Waals surface area contributed by atoms with E-state index in [0.29, 0.717) is 42.3 Å². The van der Waals surface area contributed by atoms with Crippen LogP contribution in [0.1, 0.15) is 53.3 Å². The zero-order valence-corrected chi connectivity index (χ0v) is 13.6. The highest BCUT2D eigenvalue weighted by molar-refractivity contribution is 6.07. The maximum Gasteiger partial charge on any atom is 0.170 e. The molecule has 124 valence electrons. The molecule has 23 heavy (non-hydrogen) atoms. The van der Waals surface area contributed by atoms with Crippen LogP contribution in [0, 0.1) is 0 Å². The normalized spacial score (nSPS) is 18.2. The number of piperidine rings is 1. The molecule has 0 radical (unpaired) electrons. The SMILES string of the molecule is CC(=O)c1c(OCCN2CCCCC2)ccc2c1OCCC2=O. The molecule has 2 aliphatic rings. The molecule has 2 aliphatic heterocycles. The predicted octanol–water partition coefficient (Wildman–Crippen LogP) is 2.72. The number of rotatable bonds is 5. The van der Waals surface area contributed by atoms with Crippen LogP contribution in [0.4, 0.5) is 0 Å². The highest BCUT2D eigenvalue weighted by atomic mass is 16.5. The molecular formula is C18H23NO4. The van der Waals surface area contributed by atoms with E-state index in [2.05, 4.69) is 4.90 Å². The summed E-state index contributed by atoms with van der Waals surface area (Å²) in [6.07, 6.45) is 4.16. The number of fused-ring (bicyclic) bond motifs is 1. The third kappa shape index (κ3) is 3.55. The van der Waals surface area contributed by atoms with Gasteiger partial charge in [0.05, 0.1) is 12.2 Å². The number of hydrogen-bond acceptors (Lipinski definition) is 5. The van der Waals surface area contributed by atoms with Crippen molar-refractivity contribution in [3.63, 3.8) is 0 Å². The molecule has 0 amide bonds. The van der Waals surface area contributed by atoms with Gasteiger partial charge in [0, 0.05) is 13.0 Å². The van der Waals surface area contributed by atoms with Crippen molar-refractivity contribution in [3.8, 4) is 11.5 Å². The minimum absolute atomic E-state index is 0.0219. The van der Waals surface area contributed by atoms with E-state index in [-0.39, 0.29) is 11.6 Å². The Balaban J connectivity index is 1.73. The van der Waals surface area contributed by atoms with Gasteiger partial charge in [0.1, 0.15) is 23.7 Å². The standard InChI is InChI=1S/C18H23NO4/c1-13(20)17-16(22-12-10-19-8-3-2-4-9-19)6-5-14-15(21)7-11-23-18(14)17/h5-6H,2-4,7-12H2,1H3. The molecule has 0 atom stereocenters. The number of benzene rings is 1. The van der Waals surface area contributed by atoms with E-state index in [1.54, 1.807) is 12.1 Å². The zero-order valence-electron chi connectivity index (χ0n) is 13.6. The molecule has 3 rings (SSSR count). The number of Topliss-reactive ketones (excluding diaryl/α,β-unsaturated/α-hetero) is 2. The largest absolute Gasteiger partial charge is 0.491 e. The molecule has 0 N–H and O–H groups in total. The number of hydrogen-bond donors (Lipinski definition) is 0. The summed E-state index contributed by atoms with van der Waals surface area (Å²) in [5, 5.41) is 0. The molecule has 1 saturated heterocycles. The van der Waals surface area contributed by atoms with Crippen molar-refractivity contribution in [3.05, 3.63) is 23.3 Å². The van der Waals surface area contributed by atoms with Crippen LogP contribution >= 0.6 is 0 Å². The molecule has 0 bridgehead atoms. The molecule has 0 aliphatic carbocycles. The second kappa shape index (κ2) is 7.13. The number of likely N-dealkylation sites (tertiary alicyclic amines) is 1. The van der Waals surface area contributed by atoms with E-state index in [1.807, 2.05) is 0 Å². The number of ketones is 2. The van der Waals surface area contributed by atoms with Crippen molar-refractivity contribution < 1.29 is 19.1 Å². The Labute approximate surface area is 136 Å². The predicted molar refractivity (Wildman–Crippen MR) is 86.7 cm³/mol. The van der Waals surface area contributed by atoms with Gasteiger partial charge in [0.2, 0.25) is 0 Å². The molecule has 1 fully saturated rings. The first-order valence-corrected chi connectivity index (χ1v) is 8.36. The average Bonchev–Trinajstić information content (AvgIpc) is 2.55. The van der Waals surface area contributed by atoms with Gasteiger partial charge < -0.3 is 9.47 Å². The topological polar surface area (TPSA) is 55.8 Å². The fourth-order valence-electron chi connectivity index (χ4n) is 3.24. The molecule has 0 spiro atoms. The van der Waals surface area contributed by atoms with Crippen molar-refractivity contribution in [1.29, 1.82) is 0 Å². The fraction of sp³-hybridized carbons (Fsp3) is 0.556. The molecule has 2 heterocycles. The zero-order chi connectivity index (χ0) is 16.2. The summed E-state index contributed by atoms with van der Waals surface area (Å²) in [6.45, 7) is 5.43. The summed E-state index contributed by atoms with van der Waals surface area (Å²) >= 11 is 0.